The number of rotatable bonds is 8. The van der Waals surface area contributed by atoms with Gasteiger partial charge >= 0.3 is 0 Å². The van der Waals surface area contributed by atoms with Crippen LogP contribution in [0.1, 0.15) is 28.7 Å². The van der Waals surface area contributed by atoms with E-state index < -0.39 is 0 Å². The molecule has 0 fully saturated rings. The largest absolute Gasteiger partial charge is 1.00 e. The van der Waals surface area contributed by atoms with E-state index in [-0.39, 0.29) is 34.0 Å². The smallest absolute Gasteiger partial charge is 0.214 e. The minimum atomic E-state index is 0. The maximum atomic E-state index is 6.17. The van der Waals surface area contributed by atoms with Crippen LogP contribution in [0, 0.1) is 0 Å². The number of pyridine rings is 2. The van der Waals surface area contributed by atoms with Gasteiger partial charge in [0.2, 0.25) is 11.0 Å². The lowest BCUT2D eigenvalue weighted by Crippen LogP contribution is -3.00. The first-order valence-electron chi connectivity index (χ1n) is 13.6. The molecule has 0 atom stereocenters. The van der Waals surface area contributed by atoms with Gasteiger partial charge in [-0.25, -0.2) is 0 Å². The highest BCUT2D eigenvalue weighted by Crippen LogP contribution is 2.19. The van der Waals surface area contributed by atoms with Crippen LogP contribution < -0.4 is 54.6 Å². The predicted octanol–water partition coefficient (Wildman–Crippen LogP) is 0.0123. The summed E-state index contributed by atoms with van der Waals surface area (Å²) in [5, 5.41) is 2.20. The highest BCUT2D eigenvalue weighted by molar-refractivity contribution is 5.88. The summed E-state index contributed by atoms with van der Waals surface area (Å²) in [6, 6.07) is 38.7. The van der Waals surface area contributed by atoms with Crippen molar-refractivity contribution in [2.75, 3.05) is 11.5 Å². The lowest BCUT2D eigenvalue weighted by Gasteiger charge is -2.07. The Kier molecular flexibility index (Phi) is 10.1. The Labute approximate surface area is 262 Å². The van der Waals surface area contributed by atoms with Gasteiger partial charge in [-0.2, -0.15) is 9.13 Å². The normalized spacial score (nSPS) is 10.7. The number of halogens is 2. The molecular weight excluding hydrogens is 636 g/mol. The molecule has 4 aromatic carbocycles. The van der Waals surface area contributed by atoms with E-state index in [4.69, 9.17) is 11.5 Å². The van der Waals surface area contributed by atoms with Gasteiger partial charge in [-0.15, -0.1) is 0 Å². The average Bonchev–Trinajstić information content (AvgIpc) is 2.98. The fraction of sp³-hybridized carbons (Fsp3) is 0.143. The van der Waals surface area contributed by atoms with Gasteiger partial charge in [0.25, 0.3) is 0 Å². The molecule has 0 aliphatic heterocycles. The molecule has 0 amide bonds. The molecule has 208 valence electrons. The Balaban J connectivity index is 0.00000194. The molecule has 2 heterocycles. The molecule has 6 aromatic rings. The van der Waals surface area contributed by atoms with Crippen LogP contribution in [0.2, 0.25) is 0 Å². The number of fused-ring (bicyclic) bond motifs is 2. The molecule has 6 heteroatoms. The Bertz CT molecular complexity index is 1620. The van der Waals surface area contributed by atoms with Gasteiger partial charge in [-0.3, -0.25) is 0 Å². The highest BCUT2D eigenvalue weighted by atomic mass is 79.9. The standard InChI is InChI=1S/C35H32N4.2BrH/c36-32-20-22-38(34-10-3-1-8-30(32)34)24-28-16-12-26(13-17-28)6-5-7-27-14-18-29(19-15-27)25-39-23-21-33(37)31-9-2-4-11-35(31)39;;/h1-4,8-23,36-37H,5-7,24-25H2;2*1H. The van der Waals surface area contributed by atoms with Crippen LogP contribution in [-0.2, 0) is 25.9 Å². The second-order valence-electron chi connectivity index (χ2n) is 10.3. The van der Waals surface area contributed by atoms with Gasteiger partial charge in [0.15, 0.2) is 25.5 Å². The summed E-state index contributed by atoms with van der Waals surface area (Å²) in [7, 11) is 0. The third kappa shape index (κ3) is 6.95. The van der Waals surface area contributed by atoms with E-state index in [0.717, 1.165) is 65.5 Å². The summed E-state index contributed by atoms with van der Waals surface area (Å²) < 4.78 is 4.52. The molecule has 2 aromatic heterocycles. The molecule has 0 saturated carbocycles. The number of benzene rings is 4. The van der Waals surface area contributed by atoms with E-state index in [9.17, 15) is 0 Å². The van der Waals surface area contributed by atoms with Crippen molar-refractivity contribution in [3.05, 3.63) is 144 Å². The van der Waals surface area contributed by atoms with Crippen LogP contribution in [0.15, 0.2) is 122 Å². The Morgan fingerprint density at radius 3 is 1.22 bits per heavy atom. The third-order valence-electron chi connectivity index (χ3n) is 7.60. The van der Waals surface area contributed by atoms with Crippen LogP contribution in [0.4, 0.5) is 11.4 Å². The van der Waals surface area contributed by atoms with Gasteiger partial charge in [0, 0.05) is 35.4 Å². The van der Waals surface area contributed by atoms with Crippen molar-refractivity contribution < 1.29 is 43.1 Å². The molecule has 0 unspecified atom stereocenters. The first-order chi connectivity index (χ1) is 19.1. The lowest BCUT2D eigenvalue weighted by atomic mass is 10.0. The summed E-state index contributed by atoms with van der Waals surface area (Å²) in [6.45, 7) is 1.66. The van der Waals surface area contributed by atoms with Crippen LogP contribution in [0.25, 0.3) is 21.8 Å². The van der Waals surface area contributed by atoms with Gasteiger partial charge < -0.3 is 45.4 Å². The first kappa shape index (κ1) is 30.2. The second-order valence-corrected chi connectivity index (χ2v) is 10.3. The van der Waals surface area contributed by atoms with E-state index in [0.29, 0.717) is 0 Å². The van der Waals surface area contributed by atoms with Crippen molar-refractivity contribution >= 4 is 33.2 Å². The highest BCUT2D eigenvalue weighted by Gasteiger charge is 2.13. The van der Waals surface area contributed by atoms with Crippen molar-refractivity contribution in [1.82, 2.24) is 0 Å². The fourth-order valence-corrected chi connectivity index (χ4v) is 5.41. The monoisotopic (exact) mass is 668 g/mol. The minimum Gasteiger partial charge on any atom is -1.00 e. The summed E-state index contributed by atoms with van der Waals surface area (Å²) in [6.07, 6.45) is 7.44. The molecule has 41 heavy (non-hydrogen) atoms. The predicted molar refractivity (Wildman–Crippen MR) is 160 cm³/mol. The topological polar surface area (TPSA) is 59.8 Å². The zero-order valence-corrected chi connectivity index (χ0v) is 26.1. The molecule has 4 N–H and O–H groups in total. The minimum absolute atomic E-state index is 0. The van der Waals surface area contributed by atoms with E-state index >= 15 is 0 Å². The van der Waals surface area contributed by atoms with Gasteiger partial charge in [0.05, 0.1) is 22.1 Å². The van der Waals surface area contributed by atoms with Crippen molar-refractivity contribution in [1.29, 1.82) is 0 Å². The number of hydrogen-bond donors (Lipinski definition) is 2. The van der Waals surface area contributed by atoms with Gasteiger partial charge in [-0.1, -0.05) is 72.8 Å². The van der Waals surface area contributed by atoms with E-state index in [2.05, 4.69) is 106 Å². The van der Waals surface area contributed by atoms with Gasteiger partial charge in [0.1, 0.15) is 0 Å². The first-order valence-corrected chi connectivity index (χ1v) is 13.6. The number of para-hydroxylation sites is 2. The number of nitrogens with zero attached hydrogens (tertiary/aromatic N) is 2. The van der Waals surface area contributed by atoms with E-state index in [1.165, 1.54) is 22.3 Å². The van der Waals surface area contributed by atoms with Gasteiger partial charge in [-0.05, 0) is 42.5 Å². The Hall–Kier alpha value is -3.74. The number of hydrogen-bond acceptors (Lipinski definition) is 2. The summed E-state index contributed by atoms with van der Waals surface area (Å²) in [5.41, 5.74) is 21.7. The molecule has 0 radical (unpaired) electrons. The maximum absolute atomic E-state index is 6.17. The van der Waals surface area contributed by atoms with Crippen LogP contribution in [-0.4, -0.2) is 0 Å². The number of aromatic nitrogens is 2. The molecule has 4 nitrogen and oxygen atoms in total. The Morgan fingerprint density at radius 1 is 0.439 bits per heavy atom. The molecule has 0 aliphatic carbocycles. The fourth-order valence-electron chi connectivity index (χ4n) is 5.41. The second kappa shape index (κ2) is 13.7. The van der Waals surface area contributed by atoms with Crippen LogP contribution in [0.3, 0.4) is 0 Å². The van der Waals surface area contributed by atoms with Crippen LogP contribution >= 0.6 is 0 Å². The number of aryl methyl sites for hydroxylation is 2. The Morgan fingerprint density at radius 2 is 0.805 bits per heavy atom. The maximum Gasteiger partial charge on any atom is 0.214 e. The number of nitrogen functional groups attached to an aromatic ring is 2. The summed E-state index contributed by atoms with van der Waals surface area (Å²) >= 11 is 0. The van der Waals surface area contributed by atoms with Crippen molar-refractivity contribution in [3.63, 3.8) is 0 Å². The lowest BCUT2D eigenvalue weighted by molar-refractivity contribution is -0.662. The van der Waals surface area contributed by atoms with E-state index in [1.807, 2.05) is 24.3 Å². The number of nitrogens with two attached hydrogens (primary N) is 2. The molecule has 0 bridgehead atoms. The van der Waals surface area contributed by atoms with Crippen molar-refractivity contribution in [3.8, 4) is 0 Å². The molecule has 6 rings (SSSR count). The SMILES string of the molecule is Nc1cc[n+](Cc2ccc(CCCc3ccc(C[n+]4ccc(N)c5ccccc54)cc3)cc2)c2ccccc12.[Br-].[Br-]. The molecule has 0 saturated heterocycles. The quantitative estimate of drug-likeness (QED) is 0.225. The van der Waals surface area contributed by atoms with Crippen molar-refractivity contribution in [2.45, 2.75) is 32.4 Å². The zero-order valence-electron chi connectivity index (χ0n) is 22.9. The number of anilines is 2. The van der Waals surface area contributed by atoms with Crippen molar-refractivity contribution in [2.24, 2.45) is 0 Å². The third-order valence-corrected chi connectivity index (χ3v) is 7.60. The van der Waals surface area contributed by atoms with E-state index in [1.54, 1.807) is 0 Å². The molecular formula is C35H34Br2N4. The van der Waals surface area contributed by atoms with Crippen LogP contribution in [0.5, 0.6) is 0 Å². The molecule has 0 aliphatic rings. The summed E-state index contributed by atoms with van der Waals surface area (Å²) in [4.78, 5) is 0. The average molecular weight is 670 g/mol. The zero-order chi connectivity index (χ0) is 26.6. The molecule has 0 spiro atoms. The summed E-state index contributed by atoms with van der Waals surface area (Å²) in [5.74, 6) is 0.